The number of hydrogen-bond donors (Lipinski definition) is 1. The fourth-order valence-corrected chi connectivity index (χ4v) is 3.78. The summed E-state index contributed by atoms with van der Waals surface area (Å²) in [5.74, 6) is 1.69. The zero-order chi connectivity index (χ0) is 19.7. The summed E-state index contributed by atoms with van der Waals surface area (Å²) < 4.78 is 10.6. The van der Waals surface area contributed by atoms with Gasteiger partial charge in [0.15, 0.2) is 0 Å². The number of hydrogen-bond acceptors (Lipinski definition) is 4. The molecule has 1 aliphatic rings. The van der Waals surface area contributed by atoms with E-state index in [1.54, 1.807) is 14.2 Å². The van der Waals surface area contributed by atoms with Gasteiger partial charge in [-0.3, -0.25) is 4.79 Å². The van der Waals surface area contributed by atoms with Crippen LogP contribution in [0.3, 0.4) is 0 Å². The highest BCUT2D eigenvalue weighted by Gasteiger charge is 2.25. The molecule has 2 heterocycles. The van der Waals surface area contributed by atoms with Crippen molar-refractivity contribution in [2.24, 2.45) is 0 Å². The zero-order valence-electron chi connectivity index (χ0n) is 16.5. The third kappa shape index (κ3) is 3.26. The number of aromatic nitrogens is 1. The molecule has 1 aliphatic heterocycles. The summed E-state index contributed by atoms with van der Waals surface area (Å²) in [7, 11) is 3.32. The molecule has 0 saturated carbocycles. The van der Waals surface area contributed by atoms with Crippen molar-refractivity contribution in [3.05, 3.63) is 53.7 Å². The minimum absolute atomic E-state index is 0.0537. The Labute approximate surface area is 164 Å². The van der Waals surface area contributed by atoms with Gasteiger partial charge >= 0.3 is 0 Å². The first kappa shape index (κ1) is 18.2. The van der Waals surface area contributed by atoms with E-state index in [1.165, 1.54) is 0 Å². The average molecular weight is 379 g/mol. The van der Waals surface area contributed by atoms with Crippen molar-refractivity contribution in [3.63, 3.8) is 0 Å². The van der Waals surface area contributed by atoms with E-state index in [-0.39, 0.29) is 5.91 Å². The van der Waals surface area contributed by atoms with E-state index in [9.17, 15) is 4.79 Å². The van der Waals surface area contributed by atoms with Crippen LogP contribution in [0.1, 0.15) is 16.1 Å². The molecule has 1 saturated heterocycles. The third-order valence-corrected chi connectivity index (χ3v) is 5.46. The largest absolute Gasteiger partial charge is 0.497 e. The lowest BCUT2D eigenvalue weighted by molar-refractivity contribution is 0.0741. The monoisotopic (exact) mass is 379 g/mol. The van der Waals surface area contributed by atoms with Crippen LogP contribution in [-0.4, -0.2) is 56.2 Å². The number of aryl methyl sites for hydroxylation is 1. The van der Waals surface area contributed by atoms with Gasteiger partial charge in [0.2, 0.25) is 0 Å². The number of ether oxygens (including phenoxy) is 2. The number of carbonyl (C=O) groups is 1. The summed E-state index contributed by atoms with van der Waals surface area (Å²) in [5.41, 5.74) is 3.71. The zero-order valence-corrected chi connectivity index (χ0v) is 16.5. The highest BCUT2D eigenvalue weighted by Crippen LogP contribution is 2.27. The predicted octanol–water partition coefficient (Wildman–Crippen LogP) is 3.46. The van der Waals surface area contributed by atoms with E-state index in [0.717, 1.165) is 46.7 Å². The van der Waals surface area contributed by atoms with Crippen molar-refractivity contribution in [2.75, 3.05) is 45.3 Å². The average Bonchev–Trinajstić information content (AvgIpc) is 3.09. The molecule has 0 atom stereocenters. The van der Waals surface area contributed by atoms with E-state index in [2.05, 4.69) is 16.0 Å². The molecule has 2 aromatic carbocycles. The number of anilines is 1. The highest BCUT2D eigenvalue weighted by molar-refractivity contribution is 6.01. The Morgan fingerprint density at radius 1 is 0.964 bits per heavy atom. The van der Waals surface area contributed by atoms with Crippen LogP contribution >= 0.6 is 0 Å². The molecule has 0 spiro atoms. The molecular weight excluding hydrogens is 354 g/mol. The summed E-state index contributed by atoms with van der Waals surface area (Å²) in [4.78, 5) is 20.6. The molecule has 1 aromatic heterocycles. The van der Waals surface area contributed by atoms with Gasteiger partial charge in [-0.05, 0) is 42.8 Å². The Morgan fingerprint density at radius 2 is 1.68 bits per heavy atom. The lowest BCUT2D eigenvalue weighted by Gasteiger charge is -2.36. The highest BCUT2D eigenvalue weighted by atomic mass is 16.5. The van der Waals surface area contributed by atoms with Crippen molar-refractivity contribution in [3.8, 4) is 11.5 Å². The summed E-state index contributed by atoms with van der Waals surface area (Å²) >= 11 is 0. The molecule has 0 radical (unpaired) electrons. The SMILES string of the molecule is COc1cccc(N2CCN(C(=O)c3[nH]c4ccc(OC)cc4c3C)CC2)c1. The van der Waals surface area contributed by atoms with Crippen LogP contribution in [0.25, 0.3) is 10.9 Å². The molecule has 6 heteroatoms. The fourth-order valence-electron chi connectivity index (χ4n) is 3.78. The number of rotatable bonds is 4. The van der Waals surface area contributed by atoms with Crippen LogP contribution < -0.4 is 14.4 Å². The number of amides is 1. The maximum Gasteiger partial charge on any atom is 0.270 e. The number of piperazine rings is 1. The number of nitrogens with one attached hydrogen (secondary N) is 1. The van der Waals surface area contributed by atoms with Crippen molar-refractivity contribution in [1.29, 1.82) is 0 Å². The first-order valence-corrected chi connectivity index (χ1v) is 9.45. The van der Waals surface area contributed by atoms with E-state index in [1.807, 2.05) is 48.2 Å². The van der Waals surface area contributed by atoms with Crippen molar-refractivity contribution in [1.82, 2.24) is 9.88 Å². The Bertz CT molecular complexity index is 1000. The van der Waals surface area contributed by atoms with Crippen molar-refractivity contribution in [2.45, 2.75) is 6.92 Å². The lowest BCUT2D eigenvalue weighted by Crippen LogP contribution is -2.49. The van der Waals surface area contributed by atoms with Gasteiger partial charge in [0, 0.05) is 48.8 Å². The van der Waals surface area contributed by atoms with E-state index in [0.29, 0.717) is 18.8 Å². The Morgan fingerprint density at radius 3 is 2.39 bits per heavy atom. The molecule has 0 bridgehead atoms. The third-order valence-electron chi connectivity index (χ3n) is 5.46. The molecule has 1 amide bonds. The minimum atomic E-state index is 0.0537. The minimum Gasteiger partial charge on any atom is -0.497 e. The van der Waals surface area contributed by atoms with Gasteiger partial charge in [-0.15, -0.1) is 0 Å². The maximum absolute atomic E-state index is 13.1. The summed E-state index contributed by atoms with van der Waals surface area (Å²) in [6.45, 7) is 4.96. The molecule has 0 aliphatic carbocycles. The first-order valence-electron chi connectivity index (χ1n) is 9.45. The Balaban J connectivity index is 1.49. The second-order valence-electron chi connectivity index (χ2n) is 7.02. The lowest BCUT2D eigenvalue weighted by atomic mass is 10.1. The smallest absolute Gasteiger partial charge is 0.270 e. The van der Waals surface area contributed by atoms with Gasteiger partial charge in [0.05, 0.1) is 14.2 Å². The van der Waals surface area contributed by atoms with Gasteiger partial charge in [-0.2, -0.15) is 0 Å². The number of nitrogens with zero attached hydrogens (tertiary/aromatic N) is 2. The normalized spacial score (nSPS) is 14.4. The molecule has 3 aromatic rings. The molecule has 28 heavy (non-hydrogen) atoms. The van der Waals surface area contributed by atoms with Crippen molar-refractivity contribution < 1.29 is 14.3 Å². The number of methoxy groups -OCH3 is 2. The van der Waals surface area contributed by atoms with Gasteiger partial charge in [-0.1, -0.05) is 6.07 Å². The summed E-state index contributed by atoms with van der Waals surface area (Å²) in [6, 6.07) is 13.9. The van der Waals surface area contributed by atoms with Crippen LogP contribution in [0.5, 0.6) is 11.5 Å². The van der Waals surface area contributed by atoms with Gasteiger partial charge in [0.25, 0.3) is 5.91 Å². The Hall–Kier alpha value is -3.15. The fraction of sp³-hybridized carbons (Fsp3) is 0.318. The molecule has 6 nitrogen and oxygen atoms in total. The molecule has 1 N–H and O–H groups in total. The second-order valence-corrected chi connectivity index (χ2v) is 7.02. The quantitative estimate of drug-likeness (QED) is 0.754. The van der Waals surface area contributed by atoms with Gasteiger partial charge in [-0.25, -0.2) is 0 Å². The van der Waals surface area contributed by atoms with Crippen molar-refractivity contribution >= 4 is 22.5 Å². The Kier molecular flexibility index (Phi) is 4.86. The number of carbonyl (C=O) groups excluding carboxylic acids is 1. The molecule has 1 fully saturated rings. The topological polar surface area (TPSA) is 57.8 Å². The van der Waals surface area contributed by atoms with Gasteiger partial charge in [0.1, 0.15) is 17.2 Å². The van der Waals surface area contributed by atoms with Crippen LogP contribution in [0, 0.1) is 6.92 Å². The van der Waals surface area contributed by atoms with Crippen LogP contribution in [0.4, 0.5) is 5.69 Å². The second kappa shape index (κ2) is 7.46. The first-order chi connectivity index (χ1) is 13.6. The van der Waals surface area contributed by atoms with Crippen LogP contribution in [0.15, 0.2) is 42.5 Å². The summed E-state index contributed by atoms with van der Waals surface area (Å²) in [5, 5.41) is 1.03. The van der Waals surface area contributed by atoms with Crippen LogP contribution in [0.2, 0.25) is 0 Å². The predicted molar refractivity (Wildman–Crippen MR) is 111 cm³/mol. The van der Waals surface area contributed by atoms with E-state index in [4.69, 9.17) is 9.47 Å². The van der Waals surface area contributed by atoms with Gasteiger partial charge < -0.3 is 24.3 Å². The molecule has 4 rings (SSSR count). The standard InChI is InChI=1S/C22H25N3O3/c1-15-19-14-18(28-3)7-8-20(19)23-21(15)22(26)25-11-9-24(10-12-25)16-5-4-6-17(13-16)27-2/h4-8,13-14,23H,9-12H2,1-3H3. The number of fused-ring (bicyclic) bond motifs is 1. The molecule has 0 unspecified atom stereocenters. The number of aromatic amines is 1. The number of H-pyrrole nitrogens is 1. The van der Waals surface area contributed by atoms with Crippen LogP contribution in [-0.2, 0) is 0 Å². The summed E-state index contributed by atoms with van der Waals surface area (Å²) in [6.07, 6.45) is 0. The maximum atomic E-state index is 13.1. The molecule has 146 valence electrons. The number of benzene rings is 2. The van der Waals surface area contributed by atoms with E-state index >= 15 is 0 Å². The molecular formula is C22H25N3O3. The van der Waals surface area contributed by atoms with E-state index < -0.39 is 0 Å².